The second-order valence-electron chi connectivity index (χ2n) is 6.07. The molecule has 4 nitrogen and oxygen atoms in total. The molecule has 1 fully saturated rings. The van der Waals surface area contributed by atoms with Gasteiger partial charge in [0.1, 0.15) is 11.4 Å². The van der Waals surface area contributed by atoms with E-state index in [0.29, 0.717) is 5.78 Å². The molecule has 4 heteroatoms. The second-order valence-corrected chi connectivity index (χ2v) is 6.07. The van der Waals surface area contributed by atoms with Crippen molar-refractivity contribution in [3.05, 3.63) is 0 Å². The van der Waals surface area contributed by atoms with E-state index < -0.39 is 11.7 Å². The van der Waals surface area contributed by atoms with Crippen molar-refractivity contribution in [2.24, 2.45) is 11.8 Å². The van der Waals surface area contributed by atoms with E-state index >= 15 is 0 Å². The Morgan fingerprint density at radius 1 is 1.24 bits per heavy atom. The first-order chi connectivity index (χ1) is 7.69. The summed E-state index contributed by atoms with van der Waals surface area (Å²) in [6.07, 6.45) is 1.10. The zero-order valence-electron chi connectivity index (χ0n) is 11.4. The minimum absolute atomic E-state index is 0.0856. The quantitative estimate of drug-likeness (QED) is 0.826. The Hall–Kier alpha value is -1.06. The summed E-state index contributed by atoms with van der Waals surface area (Å²) in [4.78, 5) is 23.1. The topological polar surface area (TPSA) is 55.4 Å². The van der Waals surface area contributed by atoms with Crippen LogP contribution < -0.4 is 5.32 Å². The van der Waals surface area contributed by atoms with Crippen molar-refractivity contribution < 1.29 is 14.3 Å². The standard InChI is InChI=1S/C13H23NO3/c1-8(2)11(15)9-6-10(7-9)14-12(16)17-13(3,4)5/h8-10H,6-7H2,1-5H3,(H,14,16)/t9-,10+. The van der Waals surface area contributed by atoms with E-state index in [1.807, 2.05) is 34.6 Å². The van der Waals surface area contributed by atoms with Gasteiger partial charge in [0, 0.05) is 17.9 Å². The first kappa shape index (κ1) is 14.0. The Kier molecular flexibility index (Phi) is 4.17. The predicted molar refractivity (Wildman–Crippen MR) is 65.7 cm³/mol. The van der Waals surface area contributed by atoms with Crippen molar-refractivity contribution in [1.29, 1.82) is 0 Å². The molecule has 17 heavy (non-hydrogen) atoms. The number of amides is 1. The summed E-state index contributed by atoms with van der Waals surface area (Å²) in [5.74, 6) is 0.504. The summed E-state index contributed by atoms with van der Waals surface area (Å²) in [5, 5.41) is 2.78. The summed E-state index contributed by atoms with van der Waals surface area (Å²) in [5.41, 5.74) is -0.471. The number of ether oxygens (including phenoxy) is 1. The molecule has 0 unspecified atom stereocenters. The third-order valence-corrected chi connectivity index (χ3v) is 2.83. The fraction of sp³-hybridized carbons (Fsp3) is 0.846. The van der Waals surface area contributed by atoms with Crippen molar-refractivity contribution in [2.75, 3.05) is 0 Å². The third-order valence-electron chi connectivity index (χ3n) is 2.83. The lowest BCUT2D eigenvalue weighted by Crippen LogP contribution is -2.48. The van der Waals surface area contributed by atoms with Gasteiger partial charge in [-0.2, -0.15) is 0 Å². The molecule has 0 saturated heterocycles. The summed E-state index contributed by atoms with van der Waals surface area (Å²) < 4.78 is 5.15. The van der Waals surface area contributed by atoms with Gasteiger partial charge >= 0.3 is 6.09 Å². The molecule has 1 saturated carbocycles. The van der Waals surface area contributed by atoms with Gasteiger partial charge < -0.3 is 10.1 Å². The maximum absolute atomic E-state index is 11.6. The van der Waals surface area contributed by atoms with Gasteiger partial charge in [0.25, 0.3) is 0 Å². The van der Waals surface area contributed by atoms with Gasteiger partial charge in [-0.25, -0.2) is 4.79 Å². The first-order valence-electron chi connectivity index (χ1n) is 6.22. The van der Waals surface area contributed by atoms with Gasteiger partial charge in [0.05, 0.1) is 0 Å². The minimum Gasteiger partial charge on any atom is -0.444 e. The third kappa shape index (κ3) is 4.36. The highest BCUT2D eigenvalue weighted by molar-refractivity contribution is 5.84. The lowest BCUT2D eigenvalue weighted by molar-refractivity contribution is -0.129. The van der Waals surface area contributed by atoms with E-state index in [9.17, 15) is 9.59 Å². The van der Waals surface area contributed by atoms with E-state index in [-0.39, 0.29) is 17.9 Å². The number of rotatable bonds is 3. The summed E-state index contributed by atoms with van der Waals surface area (Å²) in [6.45, 7) is 9.32. The minimum atomic E-state index is -0.471. The number of hydrogen-bond acceptors (Lipinski definition) is 3. The van der Waals surface area contributed by atoms with Gasteiger partial charge in [-0.1, -0.05) is 13.8 Å². The Bertz CT molecular complexity index is 298. The molecule has 1 aliphatic rings. The molecule has 1 rings (SSSR count). The van der Waals surface area contributed by atoms with E-state index in [4.69, 9.17) is 4.74 Å². The Morgan fingerprint density at radius 2 is 1.76 bits per heavy atom. The van der Waals surface area contributed by atoms with Crippen LogP contribution in [-0.4, -0.2) is 23.5 Å². The van der Waals surface area contributed by atoms with Gasteiger partial charge in [-0.15, -0.1) is 0 Å². The molecule has 0 aromatic rings. The fourth-order valence-electron chi connectivity index (χ4n) is 1.91. The fourth-order valence-corrected chi connectivity index (χ4v) is 1.91. The van der Waals surface area contributed by atoms with E-state index in [2.05, 4.69) is 5.32 Å². The number of ketones is 1. The van der Waals surface area contributed by atoms with Gasteiger partial charge in [0.15, 0.2) is 0 Å². The molecular formula is C13H23NO3. The van der Waals surface area contributed by atoms with Crippen LogP contribution in [0.4, 0.5) is 4.79 Å². The molecule has 0 aliphatic heterocycles. The molecule has 0 spiro atoms. The maximum atomic E-state index is 11.6. The summed E-state index contributed by atoms with van der Waals surface area (Å²) in [7, 11) is 0. The first-order valence-corrected chi connectivity index (χ1v) is 6.22. The molecule has 1 N–H and O–H groups in total. The smallest absolute Gasteiger partial charge is 0.407 e. The lowest BCUT2D eigenvalue weighted by Gasteiger charge is -2.36. The van der Waals surface area contributed by atoms with E-state index in [1.54, 1.807) is 0 Å². The Morgan fingerprint density at radius 3 is 2.18 bits per heavy atom. The zero-order chi connectivity index (χ0) is 13.2. The van der Waals surface area contributed by atoms with Gasteiger partial charge in [-0.05, 0) is 33.6 Å². The largest absolute Gasteiger partial charge is 0.444 e. The molecule has 98 valence electrons. The lowest BCUT2D eigenvalue weighted by atomic mass is 9.75. The normalized spacial score (nSPS) is 24.1. The van der Waals surface area contributed by atoms with Crippen LogP contribution in [-0.2, 0) is 9.53 Å². The van der Waals surface area contributed by atoms with Crippen molar-refractivity contribution in [3.63, 3.8) is 0 Å². The van der Waals surface area contributed by atoms with Crippen molar-refractivity contribution in [3.8, 4) is 0 Å². The van der Waals surface area contributed by atoms with Crippen LogP contribution >= 0.6 is 0 Å². The van der Waals surface area contributed by atoms with E-state index in [1.165, 1.54) is 0 Å². The van der Waals surface area contributed by atoms with Crippen molar-refractivity contribution in [1.82, 2.24) is 5.32 Å². The highest BCUT2D eigenvalue weighted by Crippen LogP contribution is 2.30. The molecule has 0 aromatic heterocycles. The molecule has 0 aromatic carbocycles. The molecule has 0 atom stereocenters. The van der Waals surface area contributed by atoms with Crippen LogP contribution in [0.5, 0.6) is 0 Å². The molecule has 0 radical (unpaired) electrons. The average Bonchev–Trinajstić information content (AvgIpc) is 2.06. The molecule has 1 aliphatic carbocycles. The highest BCUT2D eigenvalue weighted by atomic mass is 16.6. The second kappa shape index (κ2) is 5.07. The van der Waals surface area contributed by atoms with Crippen LogP contribution in [0.1, 0.15) is 47.5 Å². The number of Topliss-reactive ketones (excluding diaryl/α,β-unsaturated/α-hetero) is 1. The molecule has 0 heterocycles. The van der Waals surface area contributed by atoms with Crippen molar-refractivity contribution >= 4 is 11.9 Å². The van der Waals surface area contributed by atoms with Crippen LogP contribution in [0.3, 0.4) is 0 Å². The Balaban J connectivity index is 2.26. The molecule has 1 amide bonds. The van der Waals surface area contributed by atoms with Gasteiger partial charge in [-0.3, -0.25) is 4.79 Å². The predicted octanol–water partition coefficient (Wildman–Crippen LogP) is 2.51. The van der Waals surface area contributed by atoms with Gasteiger partial charge in [0.2, 0.25) is 0 Å². The van der Waals surface area contributed by atoms with Crippen LogP contribution in [0.2, 0.25) is 0 Å². The summed E-state index contributed by atoms with van der Waals surface area (Å²) >= 11 is 0. The van der Waals surface area contributed by atoms with Crippen LogP contribution in [0.25, 0.3) is 0 Å². The maximum Gasteiger partial charge on any atom is 0.407 e. The van der Waals surface area contributed by atoms with E-state index in [0.717, 1.165) is 12.8 Å². The molecular weight excluding hydrogens is 218 g/mol. The number of nitrogens with one attached hydrogen (secondary N) is 1. The number of carbonyl (C=O) groups is 2. The number of hydrogen-bond donors (Lipinski definition) is 1. The average molecular weight is 241 g/mol. The SMILES string of the molecule is CC(C)C(=O)[C@H]1C[C@@H](NC(=O)OC(C)(C)C)C1. The van der Waals surface area contributed by atoms with Crippen molar-refractivity contribution in [2.45, 2.75) is 59.1 Å². The molecule has 0 bridgehead atoms. The zero-order valence-corrected chi connectivity index (χ0v) is 11.4. The monoisotopic (exact) mass is 241 g/mol. The number of alkyl carbamates (subject to hydrolysis) is 1. The highest BCUT2D eigenvalue weighted by Gasteiger charge is 2.36. The Labute approximate surface area is 103 Å². The number of carbonyl (C=O) groups excluding carboxylic acids is 2. The summed E-state index contributed by atoms with van der Waals surface area (Å²) in [6, 6.07) is 0.0950. The van der Waals surface area contributed by atoms with Crippen LogP contribution in [0, 0.1) is 11.8 Å². The van der Waals surface area contributed by atoms with Crippen LogP contribution in [0.15, 0.2) is 0 Å².